The van der Waals surface area contributed by atoms with Crippen molar-refractivity contribution in [3.63, 3.8) is 0 Å². The minimum absolute atomic E-state index is 0.110. The zero-order valence-electron chi connectivity index (χ0n) is 22.9. The van der Waals surface area contributed by atoms with Crippen molar-refractivity contribution in [1.82, 2.24) is 20.1 Å². The van der Waals surface area contributed by atoms with Crippen LogP contribution in [-0.4, -0.2) is 82.6 Å². The molecule has 0 radical (unpaired) electrons. The molecule has 0 saturated carbocycles. The van der Waals surface area contributed by atoms with Gasteiger partial charge in [0, 0.05) is 20.0 Å². The number of nitrogens with zero attached hydrogens (tertiary/aromatic N) is 3. The second kappa shape index (κ2) is 12.1. The largest absolute Gasteiger partial charge is 0.464 e. The third kappa shape index (κ3) is 6.93. The number of fused-ring (bicyclic) bond motifs is 2. The van der Waals surface area contributed by atoms with Gasteiger partial charge in [-0.15, -0.1) is 11.3 Å². The van der Waals surface area contributed by atoms with E-state index < -0.39 is 47.6 Å². The highest BCUT2D eigenvalue weighted by Crippen LogP contribution is 2.33. The number of esters is 1. The van der Waals surface area contributed by atoms with Crippen LogP contribution in [0, 0.1) is 11.8 Å². The van der Waals surface area contributed by atoms with E-state index in [0.29, 0.717) is 22.6 Å². The van der Waals surface area contributed by atoms with Crippen LogP contribution in [0.1, 0.15) is 58.5 Å². The summed E-state index contributed by atoms with van der Waals surface area (Å²) in [5.41, 5.74) is -0.100. The maximum absolute atomic E-state index is 13.8. The van der Waals surface area contributed by atoms with Crippen molar-refractivity contribution in [3.8, 4) is 0 Å². The van der Waals surface area contributed by atoms with Crippen molar-refractivity contribution in [3.05, 3.63) is 20.6 Å². The number of ether oxygens (including phenoxy) is 2. The number of hydrogen-bond acceptors (Lipinski definition) is 8. The molecule has 210 valence electrons. The maximum Gasteiger partial charge on any atom is 0.410 e. The SMILES string of the molecule is CCOC(=O)[C@@H]1Cc2nc(Br)sc2/C=C\[C@@H]2[C@H](CCN2C(=O)OC(C)(C)C)C(=O)N(C)[C@@H](C(C)C)C(=O)N1. The highest BCUT2D eigenvalue weighted by molar-refractivity contribution is 9.11. The lowest BCUT2D eigenvalue weighted by Crippen LogP contribution is -2.56. The molecule has 0 aliphatic carbocycles. The second-order valence-electron chi connectivity index (χ2n) is 10.9. The molecule has 2 aliphatic heterocycles. The number of likely N-dealkylation sites (tertiary alicyclic amines) is 1. The van der Waals surface area contributed by atoms with Gasteiger partial charge in [0.05, 0.1) is 29.1 Å². The van der Waals surface area contributed by atoms with Gasteiger partial charge in [0.1, 0.15) is 17.7 Å². The predicted octanol–water partition coefficient (Wildman–Crippen LogP) is 3.63. The number of hydrogen-bond donors (Lipinski definition) is 1. The molecular weight excluding hydrogens is 576 g/mol. The summed E-state index contributed by atoms with van der Waals surface area (Å²) >= 11 is 4.78. The monoisotopic (exact) mass is 612 g/mol. The summed E-state index contributed by atoms with van der Waals surface area (Å²) in [7, 11) is 1.60. The molecule has 10 nitrogen and oxygen atoms in total. The number of likely N-dealkylation sites (N-methyl/N-ethyl adjacent to an activating group) is 1. The Bertz CT molecular complexity index is 1100. The van der Waals surface area contributed by atoms with Crippen molar-refractivity contribution in [2.75, 3.05) is 20.2 Å². The van der Waals surface area contributed by atoms with E-state index in [1.165, 1.54) is 16.2 Å². The van der Waals surface area contributed by atoms with E-state index in [4.69, 9.17) is 9.47 Å². The average Bonchev–Trinajstić information content (AvgIpc) is 3.37. The first-order valence-electron chi connectivity index (χ1n) is 12.8. The number of aromatic nitrogens is 1. The van der Waals surface area contributed by atoms with E-state index >= 15 is 0 Å². The lowest BCUT2D eigenvalue weighted by molar-refractivity contribution is -0.149. The van der Waals surface area contributed by atoms with Gasteiger partial charge in [-0.25, -0.2) is 14.6 Å². The van der Waals surface area contributed by atoms with Gasteiger partial charge in [-0.3, -0.25) is 9.59 Å². The molecule has 38 heavy (non-hydrogen) atoms. The van der Waals surface area contributed by atoms with Gasteiger partial charge in [0.25, 0.3) is 0 Å². The van der Waals surface area contributed by atoms with Crippen molar-refractivity contribution >= 4 is 57.2 Å². The van der Waals surface area contributed by atoms with Gasteiger partial charge in [0.2, 0.25) is 11.8 Å². The average molecular weight is 614 g/mol. The van der Waals surface area contributed by atoms with Gasteiger partial charge in [-0.05, 0) is 62.0 Å². The minimum atomic E-state index is -0.980. The molecule has 3 amide bonds. The Kier molecular flexibility index (Phi) is 9.62. The normalized spacial score (nSPS) is 25.5. The van der Waals surface area contributed by atoms with Crippen LogP contribution in [0.15, 0.2) is 9.99 Å². The summed E-state index contributed by atoms with van der Waals surface area (Å²) in [6.45, 7) is 11.3. The molecule has 3 heterocycles. The Balaban J connectivity index is 2.10. The molecule has 1 saturated heterocycles. The van der Waals surface area contributed by atoms with Crippen molar-refractivity contribution in [2.45, 2.75) is 78.1 Å². The summed E-state index contributed by atoms with van der Waals surface area (Å²) in [5, 5.41) is 2.82. The Morgan fingerprint density at radius 1 is 1.29 bits per heavy atom. The van der Waals surface area contributed by atoms with Gasteiger partial charge in [-0.1, -0.05) is 19.9 Å². The van der Waals surface area contributed by atoms with Crippen LogP contribution in [0.5, 0.6) is 0 Å². The van der Waals surface area contributed by atoms with E-state index in [-0.39, 0.29) is 24.9 Å². The summed E-state index contributed by atoms with van der Waals surface area (Å²) < 4.78 is 11.5. The summed E-state index contributed by atoms with van der Waals surface area (Å²) in [5.74, 6) is -2.08. The van der Waals surface area contributed by atoms with Crippen LogP contribution in [0.25, 0.3) is 6.08 Å². The standard InChI is InChI=1S/C26H37BrN4O6S/c1-8-36-23(34)17-13-16-19(38-24(27)29-16)10-9-18-15(11-12-31(18)25(35)37-26(4,5)6)22(33)30(7)20(14(2)3)21(32)28-17/h9-10,14-15,17-18,20H,8,11-13H2,1-7H3,(H,28,32)/b10-9-/t15-,17-,18+,20-/m0/s1. The molecule has 0 spiro atoms. The lowest BCUT2D eigenvalue weighted by atomic mass is 9.95. The molecule has 1 aromatic rings. The van der Waals surface area contributed by atoms with Crippen LogP contribution in [0.3, 0.4) is 0 Å². The smallest absolute Gasteiger partial charge is 0.410 e. The fourth-order valence-electron chi connectivity index (χ4n) is 4.86. The van der Waals surface area contributed by atoms with Crippen molar-refractivity contribution in [1.29, 1.82) is 0 Å². The lowest BCUT2D eigenvalue weighted by Gasteiger charge is -2.34. The molecular formula is C26H37BrN4O6S. The summed E-state index contributed by atoms with van der Waals surface area (Å²) in [4.78, 5) is 61.6. The number of carbonyl (C=O) groups excluding carboxylic acids is 4. The molecule has 12 heteroatoms. The zero-order chi connectivity index (χ0) is 28.4. The number of amides is 3. The summed E-state index contributed by atoms with van der Waals surface area (Å²) in [6, 6.07) is -2.39. The van der Waals surface area contributed by atoms with E-state index in [2.05, 4.69) is 26.2 Å². The number of nitrogens with one attached hydrogen (secondary N) is 1. The van der Waals surface area contributed by atoms with Crippen LogP contribution < -0.4 is 5.32 Å². The number of thiazole rings is 1. The zero-order valence-corrected chi connectivity index (χ0v) is 25.3. The Morgan fingerprint density at radius 3 is 2.58 bits per heavy atom. The van der Waals surface area contributed by atoms with Crippen LogP contribution in [0.2, 0.25) is 0 Å². The first-order chi connectivity index (χ1) is 17.7. The predicted molar refractivity (Wildman–Crippen MR) is 147 cm³/mol. The third-order valence-electron chi connectivity index (χ3n) is 6.49. The fraction of sp³-hybridized carbons (Fsp3) is 0.654. The molecule has 0 unspecified atom stereocenters. The second-order valence-corrected chi connectivity index (χ2v) is 13.2. The van der Waals surface area contributed by atoms with E-state index in [0.717, 1.165) is 4.88 Å². The van der Waals surface area contributed by atoms with E-state index in [1.807, 2.05) is 26.0 Å². The molecule has 0 aromatic carbocycles. The first kappa shape index (κ1) is 30.1. The van der Waals surface area contributed by atoms with Crippen LogP contribution >= 0.6 is 27.3 Å². The number of halogens is 1. The number of carbonyl (C=O) groups is 4. The molecule has 1 N–H and O–H groups in total. The van der Waals surface area contributed by atoms with Crippen LogP contribution in [-0.2, 0) is 30.3 Å². The van der Waals surface area contributed by atoms with E-state index in [9.17, 15) is 19.2 Å². The fourth-order valence-corrected chi connectivity index (χ4v) is 6.33. The van der Waals surface area contributed by atoms with Gasteiger partial charge in [-0.2, -0.15) is 0 Å². The van der Waals surface area contributed by atoms with Crippen molar-refractivity contribution in [2.24, 2.45) is 11.8 Å². The van der Waals surface area contributed by atoms with E-state index in [1.54, 1.807) is 39.6 Å². The first-order valence-corrected chi connectivity index (χ1v) is 14.4. The Morgan fingerprint density at radius 2 is 1.97 bits per heavy atom. The highest BCUT2D eigenvalue weighted by atomic mass is 79.9. The maximum atomic E-state index is 13.8. The molecule has 2 aliphatic rings. The molecule has 4 atom stereocenters. The highest BCUT2D eigenvalue weighted by Gasteiger charge is 2.45. The van der Waals surface area contributed by atoms with Gasteiger partial charge in [0.15, 0.2) is 3.92 Å². The van der Waals surface area contributed by atoms with Crippen LogP contribution in [0.4, 0.5) is 4.79 Å². The minimum Gasteiger partial charge on any atom is -0.464 e. The molecule has 3 rings (SSSR count). The Labute approximate surface area is 236 Å². The molecule has 1 fully saturated rings. The number of rotatable bonds is 3. The summed E-state index contributed by atoms with van der Waals surface area (Å²) in [6.07, 6.45) is 3.69. The molecule has 0 bridgehead atoms. The Hall–Kier alpha value is -2.47. The third-order valence-corrected chi connectivity index (χ3v) is 8.01. The van der Waals surface area contributed by atoms with Gasteiger partial charge < -0.3 is 24.6 Å². The quantitative estimate of drug-likeness (QED) is 0.518. The molecule has 1 aromatic heterocycles. The topological polar surface area (TPSA) is 118 Å². The van der Waals surface area contributed by atoms with Crippen molar-refractivity contribution < 1.29 is 28.7 Å². The van der Waals surface area contributed by atoms with Gasteiger partial charge >= 0.3 is 12.1 Å².